The fourth-order valence-corrected chi connectivity index (χ4v) is 6.41. The molecule has 0 aromatic rings. The first-order valence-corrected chi connectivity index (χ1v) is 12.4. The number of nitrogens with zero attached hydrogens (tertiary/aromatic N) is 1. The highest BCUT2D eigenvalue weighted by atomic mass is 127. The summed E-state index contributed by atoms with van der Waals surface area (Å²) in [7, 11) is -2.82. The van der Waals surface area contributed by atoms with Gasteiger partial charge in [0, 0.05) is 19.1 Å². The van der Waals surface area contributed by atoms with Crippen LogP contribution in [0.25, 0.3) is 0 Å². The molecule has 0 radical (unpaired) electrons. The van der Waals surface area contributed by atoms with E-state index in [1.54, 1.807) is 0 Å². The Bertz CT molecular complexity index is 590. The van der Waals surface area contributed by atoms with E-state index in [1.165, 1.54) is 51.4 Å². The molecule has 7 heteroatoms. The summed E-state index contributed by atoms with van der Waals surface area (Å²) in [6, 6.07) is 0.527. The molecule has 3 aliphatic rings. The van der Waals surface area contributed by atoms with Crippen molar-refractivity contribution < 1.29 is 8.42 Å². The Morgan fingerprint density at radius 1 is 1.04 bits per heavy atom. The van der Waals surface area contributed by atoms with E-state index in [1.807, 2.05) is 0 Å². The molecular weight excluding hydrogens is 473 g/mol. The molecule has 3 fully saturated rings. The minimum Gasteiger partial charge on any atom is -0.356 e. The number of rotatable bonds is 5. The Morgan fingerprint density at radius 2 is 1.70 bits per heavy atom. The Labute approximate surface area is 182 Å². The van der Waals surface area contributed by atoms with Gasteiger partial charge in [0.15, 0.2) is 15.8 Å². The molecule has 1 saturated heterocycles. The first kappa shape index (κ1) is 23.2. The van der Waals surface area contributed by atoms with Crippen molar-refractivity contribution in [2.45, 2.75) is 77.7 Å². The monoisotopic (exact) mass is 511 g/mol. The number of aliphatic imine (C=N–C) groups is 1. The maximum atomic E-state index is 11.7. The molecule has 2 N–H and O–H groups in total. The van der Waals surface area contributed by atoms with Crippen molar-refractivity contribution in [3.63, 3.8) is 0 Å². The summed E-state index contributed by atoms with van der Waals surface area (Å²) in [5.74, 6) is 2.48. The van der Waals surface area contributed by atoms with Crippen molar-refractivity contribution in [1.29, 1.82) is 0 Å². The van der Waals surface area contributed by atoms with E-state index in [2.05, 4.69) is 24.5 Å². The second-order valence-corrected chi connectivity index (χ2v) is 11.8. The van der Waals surface area contributed by atoms with E-state index < -0.39 is 9.84 Å². The van der Waals surface area contributed by atoms with Crippen LogP contribution >= 0.6 is 24.0 Å². The summed E-state index contributed by atoms with van der Waals surface area (Å²) in [4.78, 5) is 4.78. The summed E-state index contributed by atoms with van der Waals surface area (Å²) < 4.78 is 23.3. The van der Waals surface area contributed by atoms with E-state index >= 15 is 0 Å². The van der Waals surface area contributed by atoms with Gasteiger partial charge in [-0.1, -0.05) is 26.7 Å². The van der Waals surface area contributed by atoms with E-state index in [0.29, 0.717) is 29.5 Å². The normalized spacial score (nSPS) is 28.7. The number of halogens is 1. The molecule has 27 heavy (non-hydrogen) atoms. The molecule has 2 saturated carbocycles. The van der Waals surface area contributed by atoms with Crippen molar-refractivity contribution in [3.8, 4) is 0 Å². The van der Waals surface area contributed by atoms with Crippen molar-refractivity contribution in [1.82, 2.24) is 10.6 Å². The molecule has 1 heterocycles. The first-order chi connectivity index (χ1) is 12.3. The summed E-state index contributed by atoms with van der Waals surface area (Å²) in [5, 5.41) is 7.18. The smallest absolute Gasteiger partial charge is 0.191 e. The molecule has 0 aromatic carbocycles. The molecule has 1 atom stereocenters. The zero-order chi connectivity index (χ0) is 18.6. The van der Waals surface area contributed by atoms with Crippen LogP contribution in [0.2, 0.25) is 0 Å². The van der Waals surface area contributed by atoms with Crippen molar-refractivity contribution in [3.05, 3.63) is 0 Å². The second-order valence-electron chi connectivity index (χ2n) is 9.57. The Kier molecular flexibility index (Phi) is 8.71. The Balaban J connectivity index is 0.00000261. The van der Waals surface area contributed by atoms with Crippen LogP contribution < -0.4 is 10.6 Å². The number of nitrogens with one attached hydrogen (secondary N) is 2. The summed E-state index contributed by atoms with van der Waals surface area (Å²) in [5.41, 5.74) is 0.503. The molecule has 0 amide bonds. The van der Waals surface area contributed by atoms with Gasteiger partial charge in [-0.3, -0.25) is 4.99 Å². The van der Waals surface area contributed by atoms with E-state index in [0.717, 1.165) is 24.8 Å². The SMILES string of the molecule is CC1(C)CCC(CNC(=NCC2CCS(=O)(=O)C2)NC2CCCC2)CC1.I. The van der Waals surface area contributed by atoms with Gasteiger partial charge < -0.3 is 10.6 Å². The van der Waals surface area contributed by atoms with Gasteiger partial charge >= 0.3 is 0 Å². The number of hydrogen-bond donors (Lipinski definition) is 2. The van der Waals surface area contributed by atoms with Gasteiger partial charge in [0.05, 0.1) is 11.5 Å². The average molecular weight is 512 g/mol. The fourth-order valence-electron chi connectivity index (χ4n) is 4.56. The number of sulfone groups is 1. The third-order valence-corrected chi connectivity index (χ3v) is 8.38. The fraction of sp³-hybridized carbons (Fsp3) is 0.950. The molecule has 0 aromatic heterocycles. The lowest BCUT2D eigenvalue weighted by Gasteiger charge is -2.34. The van der Waals surface area contributed by atoms with Crippen LogP contribution in [0.4, 0.5) is 0 Å². The lowest BCUT2D eigenvalue weighted by Crippen LogP contribution is -2.45. The molecule has 5 nitrogen and oxygen atoms in total. The van der Waals surface area contributed by atoms with Gasteiger partial charge in [0.1, 0.15) is 0 Å². The van der Waals surface area contributed by atoms with Crippen LogP contribution in [0.1, 0.15) is 71.6 Å². The molecule has 0 bridgehead atoms. The standard InChI is InChI=1S/C20H37N3O2S.HI/c1-20(2)10-7-16(8-11-20)13-21-19(23-18-5-3-4-6-18)22-14-17-9-12-26(24,25)15-17;/h16-18H,3-15H2,1-2H3,(H2,21,22,23);1H. The van der Waals surface area contributed by atoms with E-state index in [4.69, 9.17) is 4.99 Å². The van der Waals surface area contributed by atoms with Crippen molar-refractivity contribution in [2.75, 3.05) is 24.6 Å². The highest BCUT2D eigenvalue weighted by molar-refractivity contribution is 14.0. The van der Waals surface area contributed by atoms with Gasteiger partial charge in [0.25, 0.3) is 0 Å². The number of hydrogen-bond acceptors (Lipinski definition) is 3. The molecule has 3 rings (SSSR count). The van der Waals surface area contributed by atoms with Gasteiger partial charge in [0.2, 0.25) is 0 Å². The van der Waals surface area contributed by atoms with Gasteiger partial charge in [-0.15, -0.1) is 24.0 Å². The van der Waals surface area contributed by atoms with Gasteiger partial charge in [-0.25, -0.2) is 8.42 Å². The topological polar surface area (TPSA) is 70.6 Å². The van der Waals surface area contributed by atoms with Gasteiger partial charge in [-0.05, 0) is 62.2 Å². The maximum Gasteiger partial charge on any atom is 0.191 e. The van der Waals surface area contributed by atoms with Crippen LogP contribution in [0.5, 0.6) is 0 Å². The second kappa shape index (κ2) is 10.1. The average Bonchev–Trinajstić information content (AvgIpc) is 3.20. The van der Waals surface area contributed by atoms with Crippen LogP contribution in [0, 0.1) is 17.3 Å². The third kappa shape index (κ3) is 7.71. The van der Waals surface area contributed by atoms with Crippen LogP contribution in [-0.2, 0) is 9.84 Å². The summed E-state index contributed by atoms with van der Waals surface area (Å²) in [6.07, 6.45) is 11.0. The third-order valence-electron chi connectivity index (χ3n) is 6.55. The Hall–Kier alpha value is -0.0500. The van der Waals surface area contributed by atoms with Crippen LogP contribution in [0.15, 0.2) is 4.99 Å². The predicted octanol–water partition coefficient (Wildman–Crippen LogP) is 3.73. The van der Waals surface area contributed by atoms with Crippen molar-refractivity contribution in [2.24, 2.45) is 22.2 Å². The first-order valence-electron chi connectivity index (χ1n) is 10.6. The highest BCUT2D eigenvalue weighted by Gasteiger charge is 2.29. The summed E-state index contributed by atoms with van der Waals surface area (Å²) in [6.45, 7) is 6.36. The maximum absolute atomic E-state index is 11.7. The highest BCUT2D eigenvalue weighted by Crippen LogP contribution is 2.37. The quantitative estimate of drug-likeness (QED) is 0.335. The molecular formula is C20H38IN3O2S. The predicted molar refractivity (Wildman–Crippen MR) is 124 cm³/mol. The minimum absolute atomic E-state index is 0. The molecule has 158 valence electrons. The van der Waals surface area contributed by atoms with E-state index in [9.17, 15) is 8.42 Å². The van der Waals surface area contributed by atoms with Crippen LogP contribution in [-0.4, -0.2) is 45.0 Å². The molecule has 1 aliphatic heterocycles. The summed E-state index contributed by atoms with van der Waals surface area (Å²) >= 11 is 0. The van der Waals surface area contributed by atoms with Gasteiger partial charge in [-0.2, -0.15) is 0 Å². The zero-order valence-corrected chi connectivity index (χ0v) is 20.2. The number of guanidine groups is 1. The van der Waals surface area contributed by atoms with Crippen molar-refractivity contribution >= 4 is 39.8 Å². The molecule has 1 unspecified atom stereocenters. The zero-order valence-electron chi connectivity index (χ0n) is 17.0. The molecule has 2 aliphatic carbocycles. The van der Waals surface area contributed by atoms with E-state index in [-0.39, 0.29) is 29.9 Å². The lowest BCUT2D eigenvalue weighted by molar-refractivity contribution is 0.192. The molecule has 0 spiro atoms. The Morgan fingerprint density at radius 3 is 2.30 bits per heavy atom. The minimum atomic E-state index is -2.82. The largest absolute Gasteiger partial charge is 0.356 e. The van der Waals surface area contributed by atoms with Crippen LogP contribution in [0.3, 0.4) is 0 Å². The lowest BCUT2D eigenvalue weighted by atomic mass is 9.73.